The highest BCUT2D eigenvalue weighted by Gasteiger charge is 2.42. The van der Waals surface area contributed by atoms with Gasteiger partial charge in [-0.25, -0.2) is 9.97 Å². The molecular formula is C36H28N4. The summed E-state index contributed by atoms with van der Waals surface area (Å²) in [6.07, 6.45) is 11.8. The van der Waals surface area contributed by atoms with Crippen LogP contribution in [0.15, 0.2) is 73.1 Å². The third-order valence-electron chi connectivity index (χ3n) is 10.5. The molecule has 0 N–H and O–H groups in total. The van der Waals surface area contributed by atoms with E-state index >= 15 is 0 Å². The Morgan fingerprint density at radius 3 is 1.27 bits per heavy atom. The fourth-order valence-electron chi connectivity index (χ4n) is 8.96. The molecule has 0 radical (unpaired) electrons. The Morgan fingerprint density at radius 1 is 0.450 bits per heavy atom. The van der Waals surface area contributed by atoms with Crippen molar-refractivity contribution in [2.24, 2.45) is 0 Å². The Bertz CT molecular complexity index is 1880. The highest BCUT2D eigenvalue weighted by molar-refractivity contribution is 6.12. The summed E-state index contributed by atoms with van der Waals surface area (Å²) in [7, 11) is 0. The molecule has 4 unspecified atom stereocenters. The van der Waals surface area contributed by atoms with Crippen LogP contribution in [-0.4, -0.2) is 19.9 Å². The fourth-order valence-corrected chi connectivity index (χ4v) is 8.96. The van der Waals surface area contributed by atoms with E-state index in [1.807, 2.05) is 0 Å². The van der Waals surface area contributed by atoms with Crippen LogP contribution in [0.5, 0.6) is 0 Å². The lowest BCUT2D eigenvalue weighted by molar-refractivity contribution is 0.720. The zero-order valence-corrected chi connectivity index (χ0v) is 22.3. The molecule has 10 rings (SSSR count). The summed E-state index contributed by atoms with van der Waals surface area (Å²) in [6, 6.07) is 21.5. The van der Waals surface area contributed by atoms with Crippen molar-refractivity contribution < 1.29 is 0 Å². The van der Waals surface area contributed by atoms with Crippen LogP contribution in [0.3, 0.4) is 0 Å². The molecule has 4 heterocycles. The van der Waals surface area contributed by atoms with Crippen molar-refractivity contribution in [3.8, 4) is 22.5 Å². The predicted octanol–water partition coefficient (Wildman–Crippen LogP) is 8.79. The highest BCUT2D eigenvalue weighted by Crippen LogP contribution is 2.59. The van der Waals surface area contributed by atoms with Gasteiger partial charge in [0.2, 0.25) is 0 Å². The van der Waals surface area contributed by atoms with E-state index in [1.54, 1.807) is 0 Å². The van der Waals surface area contributed by atoms with Gasteiger partial charge >= 0.3 is 0 Å². The van der Waals surface area contributed by atoms with Crippen LogP contribution in [0.1, 0.15) is 84.5 Å². The summed E-state index contributed by atoms with van der Waals surface area (Å²) in [5, 5.41) is 2.40. The molecule has 192 valence electrons. The summed E-state index contributed by atoms with van der Waals surface area (Å²) in [5.41, 5.74) is 14.4. The Morgan fingerprint density at radius 2 is 0.850 bits per heavy atom. The molecule has 4 aliphatic carbocycles. The zero-order chi connectivity index (χ0) is 25.9. The molecule has 4 aliphatic rings. The monoisotopic (exact) mass is 516 g/mol. The van der Waals surface area contributed by atoms with Crippen molar-refractivity contribution in [1.82, 2.24) is 19.9 Å². The number of aromatic nitrogens is 4. The molecule has 4 nitrogen and oxygen atoms in total. The van der Waals surface area contributed by atoms with E-state index in [2.05, 4.69) is 73.1 Å². The molecule has 4 heteroatoms. The smallest absolute Gasteiger partial charge is 0.117 e. The van der Waals surface area contributed by atoms with Gasteiger partial charge in [0.25, 0.3) is 0 Å². The Hall–Kier alpha value is -4.18. The van der Waals surface area contributed by atoms with Crippen molar-refractivity contribution in [2.45, 2.75) is 62.2 Å². The molecule has 0 aliphatic heterocycles. The molecule has 4 aromatic heterocycles. The summed E-state index contributed by atoms with van der Waals surface area (Å²) in [4.78, 5) is 21.2. The lowest BCUT2D eigenvalue weighted by Gasteiger charge is -2.22. The van der Waals surface area contributed by atoms with Crippen LogP contribution in [0, 0.1) is 0 Å². The van der Waals surface area contributed by atoms with Gasteiger partial charge in [0.05, 0.1) is 11.4 Å². The molecule has 0 spiro atoms. The predicted molar refractivity (Wildman–Crippen MR) is 160 cm³/mol. The van der Waals surface area contributed by atoms with Gasteiger partial charge in [0, 0.05) is 34.3 Å². The molecule has 2 aromatic carbocycles. The molecule has 4 atom stereocenters. The van der Waals surface area contributed by atoms with E-state index in [-0.39, 0.29) is 0 Å². The third kappa shape index (κ3) is 2.72. The number of hydrogen-bond acceptors (Lipinski definition) is 4. The molecule has 2 fully saturated rings. The largest absolute Gasteiger partial charge is 0.251 e. The average Bonchev–Trinajstić information content (AvgIpc) is 3.83. The van der Waals surface area contributed by atoms with E-state index in [0.29, 0.717) is 23.7 Å². The summed E-state index contributed by atoms with van der Waals surface area (Å²) < 4.78 is 0. The van der Waals surface area contributed by atoms with Crippen molar-refractivity contribution in [3.05, 3.63) is 95.3 Å². The normalized spacial score (nSPS) is 23.9. The SMILES string of the molecule is c1ccc(-c2nc3c(cnc4c5nc(-c6ccccc6)c6c(c5cnc34)C3CCC6C3)c3c2C2CCC3C2)cc1. The number of benzene rings is 2. The molecular weight excluding hydrogens is 488 g/mol. The van der Waals surface area contributed by atoms with Crippen LogP contribution in [0.2, 0.25) is 0 Å². The van der Waals surface area contributed by atoms with Crippen molar-refractivity contribution in [1.29, 1.82) is 0 Å². The van der Waals surface area contributed by atoms with E-state index in [9.17, 15) is 0 Å². The third-order valence-corrected chi connectivity index (χ3v) is 10.5. The van der Waals surface area contributed by atoms with E-state index in [1.165, 1.54) is 82.7 Å². The van der Waals surface area contributed by atoms with Gasteiger partial charge in [-0.3, -0.25) is 9.97 Å². The Balaban J connectivity index is 1.32. The van der Waals surface area contributed by atoms with Gasteiger partial charge < -0.3 is 0 Å². The second-order valence-electron chi connectivity index (χ2n) is 12.5. The Labute approximate surface area is 232 Å². The first-order valence-electron chi connectivity index (χ1n) is 14.9. The molecule has 6 aromatic rings. The zero-order valence-electron chi connectivity index (χ0n) is 22.3. The van der Waals surface area contributed by atoms with Crippen molar-refractivity contribution >= 4 is 32.8 Å². The number of rotatable bonds is 2. The number of hydrogen-bond donors (Lipinski definition) is 0. The second kappa shape index (κ2) is 7.72. The van der Waals surface area contributed by atoms with Gasteiger partial charge in [-0.05, 0) is 84.5 Å². The molecule has 0 amide bonds. The van der Waals surface area contributed by atoms with E-state index in [4.69, 9.17) is 19.9 Å². The topological polar surface area (TPSA) is 51.6 Å². The first kappa shape index (κ1) is 21.6. The number of pyridine rings is 4. The van der Waals surface area contributed by atoms with Gasteiger partial charge in [-0.2, -0.15) is 0 Å². The molecule has 4 bridgehead atoms. The summed E-state index contributed by atoms with van der Waals surface area (Å²) in [6.45, 7) is 0. The lowest BCUT2D eigenvalue weighted by atomic mass is 9.86. The van der Waals surface area contributed by atoms with Gasteiger partial charge in [-0.15, -0.1) is 0 Å². The maximum Gasteiger partial charge on any atom is 0.117 e. The number of nitrogens with zero attached hydrogens (tertiary/aromatic N) is 4. The number of fused-ring (bicyclic) bond motifs is 17. The molecule has 40 heavy (non-hydrogen) atoms. The minimum absolute atomic E-state index is 0.606. The average molecular weight is 517 g/mol. The highest BCUT2D eigenvalue weighted by atomic mass is 14.9. The van der Waals surface area contributed by atoms with E-state index in [0.717, 1.165) is 33.5 Å². The van der Waals surface area contributed by atoms with Gasteiger partial charge in [0.1, 0.15) is 22.1 Å². The maximum atomic E-state index is 5.43. The van der Waals surface area contributed by atoms with Crippen molar-refractivity contribution in [2.75, 3.05) is 0 Å². The fraction of sp³-hybridized carbons (Fsp3) is 0.278. The Kier molecular flexibility index (Phi) is 4.17. The molecule has 2 saturated carbocycles. The van der Waals surface area contributed by atoms with Crippen LogP contribution in [0.4, 0.5) is 0 Å². The molecule has 0 saturated heterocycles. The van der Waals surface area contributed by atoms with E-state index < -0.39 is 0 Å². The summed E-state index contributed by atoms with van der Waals surface area (Å²) in [5.74, 6) is 2.43. The maximum absolute atomic E-state index is 5.43. The quantitative estimate of drug-likeness (QED) is 0.216. The minimum Gasteiger partial charge on any atom is -0.251 e. The van der Waals surface area contributed by atoms with Crippen LogP contribution in [0.25, 0.3) is 55.4 Å². The first-order valence-corrected chi connectivity index (χ1v) is 14.9. The first-order chi connectivity index (χ1) is 19.8. The van der Waals surface area contributed by atoms with Gasteiger partial charge in [0.15, 0.2) is 0 Å². The van der Waals surface area contributed by atoms with Crippen LogP contribution < -0.4 is 0 Å². The van der Waals surface area contributed by atoms with Crippen molar-refractivity contribution in [3.63, 3.8) is 0 Å². The standard InChI is InChI=1S/C36H28N4/c1-3-7-19(8-4-1)31-29-23-13-11-21(15-23)27(29)25-17-38-36-34-26(18-37-35(36)33(25)39-31)28-22-12-14-24(16-22)30(28)32(40-34)20-9-5-2-6-10-20/h1-10,17-18,21-24H,11-16H2. The minimum atomic E-state index is 0.606. The van der Waals surface area contributed by atoms with Gasteiger partial charge in [-0.1, -0.05) is 60.7 Å². The lowest BCUT2D eigenvalue weighted by Crippen LogP contribution is -2.07. The van der Waals surface area contributed by atoms with Crippen LogP contribution in [-0.2, 0) is 0 Å². The van der Waals surface area contributed by atoms with Crippen LogP contribution >= 0.6 is 0 Å². The summed E-state index contributed by atoms with van der Waals surface area (Å²) >= 11 is 0. The second-order valence-corrected chi connectivity index (χ2v) is 12.5.